The van der Waals surface area contributed by atoms with Crippen LogP contribution in [0.2, 0.25) is 0 Å². The zero-order valence-corrected chi connectivity index (χ0v) is 15.0. The predicted molar refractivity (Wildman–Crippen MR) is 94.4 cm³/mol. The highest BCUT2D eigenvalue weighted by molar-refractivity contribution is 5.94. The molecule has 0 amide bonds. The van der Waals surface area contributed by atoms with Gasteiger partial charge in [-0.15, -0.1) is 0 Å². The monoisotopic (exact) mass is 342 g/mol. The molecule has 0 saturated carbocycles. The lowest BCUT2D eigenvalue weighted by Gasteiger charge is -2.21. The van der Waals surface area contributed by atoms with Gasteiger partial charge in [-0.2, -0.15) is 0 Å². The fourth-order valence-electron chi connectivity index (χ4n) is 2.57. The third-order valence-corrected chi connectivity index (χ3v) is 3.80. The topological polar surface area (TPSA) is 72.8 Å². The van der Waals surface area contributed by atoms with Crippen LogP contribution in [0.25, 0.3) is 0 Å². The Bertz CT molecular complexity index is 780. The molecule has 0 aliphatic rings. The normalized spacial score (nSPS) is 11.1. The van der Waals surface area contributed by atoms with E-state index in [1.807, 2.05) is 32.9 Å². The van der Waals surface area contributed by atoms with Crippen molar-refractivity contribution in [1.29, 1.82) is 0 Å². The zero-order chi connectivity index (χ0) is 18.8. The van der Waals surface area contributed by atoms with Crippen LogP contribution in [0.1, 0.15) is 40.9 Å². The lowest BCUT2D eigenvalue weighted by Crippen LogP contribution is -2.37. The van der Waals surface area contributed by atoms with Crippen LogP contribution in [0.5, 0.6) is 11.5 Å². The summed E-state index contributed by atoms with van der Waals surface area (Å²) in [4.78, 5) is 23.5. The van der Waals surface area contributed by atoms with Crippen LogP contribution in [-0.2, 0) is 4.79 Å². The molecule has 0 heterocycles. The van der Waals surface area contributed by atoms with Crippen molar-refractivity contribution in [1.82, 2.24) is 0 Å². The highest BCUT2D eigenvalue weighted by Gasteiger charge is 2.29. The number of carboxylic acid groups (broad SMARTS) is 1. The summed E-state index contributed by atoms with van der Waals surface area (Å²) < 4.78 is 10.8. The summed E-state index contributed by atoms with van der Waals surface area (Å²) in [7, 11) is 0. The Balaban J connectivity index is 2.14. The molecule has 0 radical (unpaired) electrons. The number of carbonyl (C=O) groups is 2. The van der Waals surface area contributed by atoms with Crippen LogP contribution in [0.3, 0.4) is 0 Å². The molecule has 132 valence electrons. The quantitative estimate of drug-likeness (QED) is 0.655. The summed E-state index contributed by atoms with van der Waals surface area (Å²) in [6.45, 7) is 8.66. The molecule has 2 aromatic carbocycles. The molecule has 0 bridgehead atoms. The van der Waals surface area contributed by atoms with E-state index in [9.17, 15) is 9.59 Å². The Morgan fingerprint density at radius 2 is 1.40 bits per heavy atom. The minimum absolute atomic E-state index is 0.366. The van der Waals surface area contributed by atoms with E-state index < -0.39 is 17.5 Å². The molecule has 0 fully saturated rings. The third kappa shape index (κ3) is 4.38. The summed E-state index contributed by atoms with van der Waals surface area (Å²) in [6, 6.07) is 10.2. The number of carboxylic acids is 1. The van der Waals surface area contributed by atoms with Crippen molar-refractivity contribution in [2.45, 2.75) is 40.2 Å². The number of carbonyl (C=O) groups excluding carboxylic acids is 1. The standard InChI is InChI=1S/C20H22O5/c1-12-10-13(2)17(14(3)11-12)18(21)24-15-6-8-16(9-7-15)25-20(4,5)19(22)23/h6-11H,1-5H3,(H,22,23). The Morgan fingerprint density at radius 1 is 0.920 bits per heavy atom. The van der Waals surface area contributed by atoms with Gasteiger partial charge < -0.3 is 14.6 Å². The van der Waals surface area contributed by atoms with E-state index in [0.717, 1.165) is 16.7 Å². The number of aliphatic carboxylic acids is 1. The van der Waals surface area contributed by atoms with Gasteiger partial charge in [-0.25, -0.2) is 9.59 Å². The van der Waals surface area contributed by atoms with Gasteiger partial charge in [-0.1, -0.05) is 17.7 Å². The second-order valence-electron chi connectivity index (χ2n) is 6.55. The number of rotatable bonds is 5. The lowest BCUT2D eigenvalue weighted by atomic mass is 10.00. The van der Waals surface area contributed by atoms with Crippen molar-refractivity contribution in [2.75, 3.05) is 0 Å². The number of hydrogen-bond acceptors (Lipinski definition) is 4. The first kappa shape index (κ1) is 18.5. The van der Waals surface area contributed by atoms with E-state index in [1.54, 1.807) is 24.3 Å². The van der Waals surface area contributed by atoms with Gasteiger partial charge in [0.05, 0.1) is 5.56 Å². The highest BCUT2D eigenvalue weighted by atomic mass is 16.5. The number of aryl methyl sites for hydroxylation is 3. The van der Waals surface area contributed by atoms with Gasteiger partial charge in [0.15, 0.2) is 5.60 Å². The fraction of sp³-hybridized carbons (Fsp3) is 0.300. The molecule has 0 aromatic heterocycles. The summed E-state index contributed by atoms with van der Waals surface area (Å²) in [6.07, 6.45) is 0. The molecule has 0 spiro atoms. The maximum Gasteiger partial charge on any atom is 0.347 e. The fourth-order valence-corrected chi connectivity index (χ4v) is 2.57. The summed E-state index contributed by atoms with van der Waals surface area (Å²) in [5, 5.41) is 9.08. The Labute approximate surface area is 147 Å². The zero-order valence-electron chi connectivity index (χ0n) is 15.0. The van der Waals surface area contributed by atoms with Crippen LogP contribution in [0.15, 0.2) is 36.4 Å². The minimum atomic E-state index is -1.34. The van der Waals surface area contributed by atoms with Crippen LogP contribution in [0.4, 0.5) is 0 Å². The summed E-state index contributed by atoms with van der Waals surface area (Å²) in [5.41, 5.74) is 2.04. The molecule has 5 heteroatoms. The average molecular weight is 342 g/mol. The second-order valence-corrected chi connectivity index (χ2v) is 6.55. The Hall–Kier alpha value is -2.82. The average Bonchev–Trinajstić information content (AvgIpc) is 2.47. The van der Waals surface area contributed by atoms with Crippen molar-refractivity contribution in [3.05, 3.63) is 58.7 Å². The van der Waals surface area contributed by atoms with Crippen LogP contribution >= 0.6 is 0 Å². The molecule has 0 saturated heterocycles. The first-order valence-corrected chi connectivity index (χ1v) is 7.92. The van der Waals surface area contributed by atoms with Gasteiger partial charge in [0.2, 0.25) is 0 Å². The third-order valence-electron chi connectivity index (χ3n) is 3.80. The molecule has 25 heavy (non-hydrogen) atoms. The highest BCUT2D eigenvalue weighted by Crippen LogP contribution is 2.24. The van der Waals surface area contributed by atoms with Gasteiger partial charge in [0.25, 0.3) is 0 Å². The lowest BCUT2D eigenvalue weighted by molar-refractivity contribution is -0.152. The minimum Gasteiger partial charge on any atom is -0.478 e. The first-order chi connectivity index (χ1) is 11.6. The molecular weight excluding hydrogens is 320 g/mol. The maximum atomic E-state index is 12.4. The van der Waals surface area contributed by atoms with Crippen LogP contribution in [-0.4, -0.2) is 22.6 Å². The van der Waals surface area contributed by atoms with E-state index in [-0.39, 0.29) is 0 Å². The first-order valence-electron chi connectivity index (χ1n) is 7.92. The molecule has 0 aliphatic heterocycles. The smallest absolute Gasteiger partial charge is 0.347 e. The van der Waals surface area contributed by atoms with E-state index in [4.69, 9.17) is 14.6 Å². The van der Waals surface area contributed by atoms with Gasteiger partial charge in [-0.3, -0.25) is 0 Å². The van der Waals surface area contributed by atoms with Crippen molar-refractivity contribution in [3.8, 4) is 11.5 Å². The van der Waals surface area contributed by atoms with E-state index >= 15 is 0 Å². The van der Waals surface area contributed by atoms with E-state index in [1.165, 1.54) is 13.8 Å². The summed E-state index contributed by atoms with van der Waals surface area (Å²) in [5.74, 6) is -0.734. The Kier molecular flexibility index (Phi) is 5.16. The molecule has 0 unspecified atom stereocenters. The van der Waals surface area contributed by atoms with Crippen molar-refractivity contribution in [2.24, 2.45) is 0 Å². The molecular formula is C20H22O5. The number of hydrogen-bond donors (Lipinski definition) is 1. The second kappa shape index (κ2) is 6.97. The van der Waals surface area contributed by atoms with Gasteiger partial charge >= 0.3 is 11.9 Å². The number of benzene rings is 2. The molecule has 5 nitrogen and oxygen atoms in total. The number of esters is 1. The molecule has 2 aromatic rings. The molecule has 0 atom stereocenters. The molecule has 2 rings (SSSR count). The van der Waals surface area contributed by atoms with Gasteiger partial charge in [0, 0.05) is 0 Å². The SMILES string of the molecule is Cc1cc(C)c(C(=O)Oc2ccc(OC(C)(C)C(=O)O)cc2)c(C)c1. The summed E-state index contributed by atoms with van der Waals surface area (Å²) >= 11 is 0. The van der Waals surface area contributed by atoms with Gasteiger partial charge in [0.1, 0.15) is 11.5 Å². The van der Waals surface area contributed by atoms with Crippen LogP contribution in [0, 0.1) is 20.8 Å². The Morgan fingerprint density at radius 3 is 1.88 bits per heavy atom. The van der Waals surface area contributed by atoms with E-state index in [0.29, 0.717) is 17.1 Å². The van der Waals surface area contributed by atoms with Gasteiger partial charge in [-0.05, 0) is 70.0 Å². The molecule has 0 aliphatic carbocycles. The number of ether oxygens (including phenoxy) is 2. The van der Waals surface area contributed by atoms with E-state index in [2.05, 4.69) is 0 Å². The van der Waals surface area contributed by atoms with Crippen molar-refractivity contribution >= 4 is 11.9 Å². The molecule has 1 N–H and O–H groups in total. The predicted octanol–water partition coefficient (Wildman–Crippen LogP) is 4.07. The largest absolute Gasteiger partial charge is 0.478 e. The van der Waals surface area contributed by atoms with Crippen molar-refractivity contribution < 1.29 is 24.2 Å². The van der Waals surface area contributed by atoms with Crippen LogP contribution < -0.4 is 9.47 Å². The van der Waals surface area contributed by atoms with Crippen molar-refractivity contribution in [3.63, 3.8) is 0 Å². The maximum absolute atomic E-state index is 12.4.